The fraction of sp³-hybridized carbons (Fsp3) is 0.136. The molecule has 0 aliphatic rings. The fourth-order valence-electron chi connectivity index (χ4n) is 2.97. The first-order valence-corrected chi connectivity index (χ1v) is 9.22. The fourth-order valence-corrected chi connectivity index (χ4v) is 3.39. The molecule has 0 aliphatic carbocycles. The van der Waals surface area contributed by atoms with E-state index in [9.17, 15) is 0 Å². The molecule has 23 heavy (non-hydrogen) atoms. The van der Waals surface area contributed by atoms with Gasteiger partial charge in [0.15, 0.2) is 0 Å². The van der Waals surface area contributed by atoms with Gasteiger partial charge in [0.05, 0.1) is 0 Å². The molecule has 0 spiro atoms. The van der Waals surface area contributed by atoms with Gasteiger partial charge in [-0.05, 0) is 46.9 Å². The van der Waals surface area contributed by atoms with Gasteiger partial charge in [0.2, 0.25) is 0 Å². The summed E-state index contributed by atoms with van der Waals surface area (Å²) >= 11 is 1.21. The predicted molar refractivity (Wildman–Crippen MR) is 107 cm³/mol. The molecule has 0 amide bonds. The second-order valence-electron chi connectivity index (χ2n) is 5.82. The molecule has 3 aromatic rings. The van der Waals surface area contributed by atoms with Gasteiger partial charge in [0.25, 0.3) is 0 Å². The number of rotatable bonds is 5. The van der Waals surface area contributed by atoms with Crippen LogP contribution in [-0.2, 0) is 6.42 Å². The third-order valence-electron chi connectivity index (χ3n) is 4.02. The highest BCUT2D eigenvalue weighted by Gasteiger charge is 2.08. The van der Waals surface area contributed by atoms with Crippen molar-refractivity contribution >= 4 is 17.2 Å². The van der Waals surface area contributed by atoms with Crippen molar-refractivity contribution in [2.45, 2.75) is 13.3 Å². The van der Waals surface area contributed by atoms with E-state index in [1.165, 1.54) is 44.7 Å². The minimum absolute atomic E-state index is 1.09. The summed E-state index contributed by atoms with van der Waals surface area (Å²) in [6.07, 6.45) is 1.09. The number of hydrogen-bond donors (Lipinski definition) is 1. The van der Waals surface area contributed by atoms with Gasteiger partial charge in [-0.15, -0.1) is 0 Å². The van der Waals surface area contributed by atoms with Crippen molar-refractivity contribution in [1.82, 2.24) is 0 Å². The summed E-state index contributed by atoms with van der Waals surface area (Å²) in [6, 6.07) is 26.2. The molecule has 3 aromatic carbocycles. The van der Waals surface area contributed by atoms with Crippen LogP contribution in [-0.4, -0.2) is 11.6 Å². The van der Waals surface area contributed by atoms with Gasteiger partial charge in [-0.1, -0.05) is 84.2 Å². The Morgan fingerprint density at radius 2 is 1.43 bits per heavy atom. The molecule has 0 aliphatic heterocycles. The maximum Gasteiger partial charge on any atom is -0.0105 e. The molecular weight excluding hydrogens is 296 g/mol. The van der Waals surface area contributed by atoms with Gasteiger partial charge in [0, 0.05) is 0 Å². The highest BCUT2D eigenvalue weighted by Crippen LogP contribution is 2.33. The summed E-state index contributed by atoms with van der Waals surface area (Å²) in [5.41, 5.74) is 7.89. The van der Waals surface area contributed by atoms with Crippen LogP contribution in [0.25, 0.3) is 22.3 Å². The zero-order valence-corrected chi connectivity index (χ0v) is 14.4. The predicted octanol–water partition coefficient (Wildman–Crippen LogP) is 5.77. The Kier molecular flexibility index (Phi) is 5.09. The minimum atomic E-state index is 1.09. The van der Waals surface area contributed by atoms with Crippen LogP contribution in [0.4, 0.5) is 0 Å². The van der Waals surface area contributed by atoms with Crippen LogP contribution < -0.4 is 0 Å². The second-order valence-corrected chi connectivity index (χ2v) is 6.71. The van der Waals surface area contributed by atoms with Crippen molar-refractivity contribution in [2.24, 2.45) is 0 Å². The third kappa shape index (κ3) is 3.80. The molecule has 3 rings (SSSR count). The lowest BCUT2D eigenvalue weighted by Gasteiger charge is -2.12. The molecule has 0 nitrogen and oxygen atoms in total. The Morgan fingerprint density at radius 3 is 2.13 bits per heavy atom. The monoisotopic (exact) mass is 318 g/mol. The Morgan fingerprint density at radius 1 is 0.783 bits per heavy atom. The highest BCUT2D eigenvalue weighted by molar-refractivity contribution is 7.96. The average molecular weight is 318 g/mol. The van der Waals surface area contributed by atoms with Crippen molar-refractivity contribution in [3.05, 3.63) is 83.9 Å². The molecule has 0 bridgehead atoms. The summed E-state index contributed by atoms with van der Waals surface area (Å²) in [7, 11) is 0. The molecule has 0 fully saturated rings. The summed E-state index contributed by atoms with van der Waals surface area (Å²) in [4.78, 5) is 0. The normalized spacial score (nSPS) is 10.7. The van der Waals surface area contributed by atoms with Gasteiger partial charge in [-0.2, -0.15) is 0 Å². The van der Waals surface area contributed by atoms with Crippen LogP contribution >= 0.6 is 11.4 Å². The van der Waals surface area contributed by atoms with Crippen LogP contribution in [0.5, 0.6) is 0 Å². The van der Waals surface area contributed by atoms with Gasteiger partial charge in [-0.25, -0.2) is 11.4 Å². The van der Waals surface area contributed by atoms with Crippen molar-refractivity contribution in [1.29, 1.82) is 0 Å². The Bertz CT molecular complexity index is 803. The molecular formula is C22H22S. The van der Waals surface area contributed by atoms with E-state index in [2.05, 4.69) is 85.6 Å². The smallest absolute Gasteiger partial charge is 0.0105 e. The lowest BCUT2D eigenvalue weighted by molar-refractivity contribution is 1.15. The van der Waals surface area contributed by atoms with E-state index in [4.69, 9.17) is 0 Å². The first-order valence-electron chi connectivity index (χ1n) is 7.96. The summed E-state index contributed by atoms with van der Waals surface area (Å²) < 4.78 is 0. The minimum Gasteiger partial charge on any atom is -0.207 e. The molecule has 0 N–H and O–H groups in total. The van der Waals surface area contributed by atoms with Crippen molar-refractivity contribution in [3.8, 4) is 22.3 Å². The molecule has 0 radical (unpaired) electrons. The molecule has 0 heterocycles. The zero-order chi connectivity index (χ0) is 16.1. The second kappa shape index (κ2) is 7.43. The highest BCUT2D eigenvalue weighted by atomic mass is 32.1. The van der Waals surface area contributed by atoms with Crippen molar-refractivity contribution in [2.75, 3.05) is 5.75 Å². The van der Waals surface area contributed by atoms with Gasteiger partial charge in [-0.3, -0.25) is 0 Å². The Hall–Kier alpha value is -2.12. The first kappa shape index (κ1) is 15.8. The molecule has 0 aromatic heterocycles. The molecule has 116 valence electrons. The van der Waals surface area contributed by atoms with E-state index in [0.29, 0.717) is 0 Å². The van der Waals surface area contributed by atoms with E-state index in [0.717, 1.165) is 12.2 Å². The van der Waals surface area contributed by atoms with E-state index in [-0.39, 0.29) is 0 Å². The molecule has 0 atom stereocenters. The maximum absolute atomic E-state index is 3.93. The molecule has 0 saturated carbocycles. The number of hydrogen-bond acceptors (Lipinski definition) is 0. The zero-order valence-electron chi connectivity index (χ0n) is 13.5. The van der Waals surface area contributed by atoms with Crippen LogP contribution in [0.3, 0.4) is 0 Å². The number of aryl methyl sites for hydroxylation is 2. The summed E-state index contributed by atoms with van der Waals surface area (Å²) in [5, 5.41) is 0. The first-order chi connectivity index (χ1) is 11.3. The van der Waals surface area contributed by atoms with E-state index in [1.54, 1.807) is 0 Å². The SMILES string of the molecule is C=[SH]CCc1cc(C)cc(-c2ccccc2-c2ccccc2)c1. The van der Waals surface area contributed by atoms with Crippen molar-refractivity contribution < 1.29 is 0 Å². The Balaban J connectivity index is 2.09. The average Bonchev–Trinajstić information content (AvgIpc) is 2.60. The van der Waals surface area contributed by atoms with E-state index < -0.39 is 0 Å². The van der Waals surface area contributed by atoms with Gasteiger partial charge >= 0.3 is 0 Å². The lowest BCUT2D eigenvalue weighted by atomic mass is 9.92. The lowest BCUT2D eigenvalue weighted by Crippen LogP contribution is -1.91. The molecule has 1 heteroatoms. The largest absolute Gasteiger partial charge is 0.207 e. The quantitative estimate of drug-likeness (QED) is 0.448. The van der Waals surface area contributed by atoms with Gasteiger partial charge in [0.1, 0.15) is 0 Å². The van der Waals surface area contributed by atoms with Gasteiger partial charge < -0.3 is 0 Å². The number of thiol groups is 1. The standard InChI is InChI=1S/C22H22S/c1-17-14-18(12-13-23-2)16-20(15-17)22-11-7-6-10-21(22)19-8-4-3-5-9-19/h3-11,14-16,23H,2,12-13H2,1H3. The summed E-state index contributed by atoms with van der Waals surface area (Å²) in [6.45, 7) is 2.18. The van der Waals surface area contributed by atoms with Crippen LogP contribution in [0.15, 0.2) is 72.8 Å². The van der Waals surface area contributed by atoms with Crippen LogP contribution in [0, 0.1) is 6.92 Å². The number of benzene rings is 3. The van der Waals surface area contributed by atoms with E-state index in [1.807, 2.05) is 0 Å². The Labute approximate surface area is 142 Å². The van der Waals surface area contributed by atoms with E-state index >= 15 is 0 Å². The topological polar surface area (TPSA) is 0 Å². The maximum atomic E-state index is 3.93. The molecule has 0 unspecified atom stereocenters. The van der Waals surface area contributed by atoms with Crippen LogP contribution in [0.2, 0.25) is 0 Å². The van der Waals surface area contributed by atoms with Crippen molar-refractivity contribution in [3.63, 3.8) is 0 Å². The third-order valence-corrected chi connectivity index (χ3v) is 4.56. The summed E-state index contributed by atoms with van der Waals surface area (Å²) in [5.74, 6) is 5.04. The molecule has 0 saturated heterocycles. The van der Waals surface area contributed by atoms with Crippen LogP contribution in [0.1, 0.15) is 11.1 Å².